The molecule has 3 nitrogen and oxygen atoms in total. The van der Waals surface area contributed by atoms with E-state index >= 15 is 0 Å². The number of nitrogens with one attached hydrogen (secondary N) is 1. The Morgan fingerprint density at radius 2 is 2.56 bits per heavy atom. The molecule has 0 radical (unpaired) electrons. The second-order valence-electron chi connectivity index (χ2n) is 1.50. The zero-order valence-corrected chi connectivity index (χ0v) is 4.55. The van der Waals surface area contributed by atoms with Crippen LogP contribution in [0.25, 0.3) is 4.85 Å². The van der Waals surface area contributed by atoms with Gasteiger partial charge in [0.25, 0.3) is 0 Å². The van der Waals surface area contributed by atoms with E-state index in [2.05, 4.69) is 9.83 Å². The summed E-state index contributed by atoms with van der Waals surface area (Å²) in [6.07, 6.45) is 1.51. The molecule has 0 bridgehead atoms. The molecule has 0 aliphatic carbocycles. The zero-order valence-electron chi connectivity index (χ0n) is 4.55. The summed E-state index contributed by atoms with van der Waals surface area (Å²) in [6.45, 7) is 6.53. The van der Waals surface area contributed by atoms with Gasteiger partial charge in [-0.15, -0.1) is 0 Å². The smallest absolute Gasteiger partial charge is 0.205 e. The summed E-state index contributed by atoms with van der Waals surface area (Å²) < 4.78 is 0. The van der Waals surface area contributed by atoms with Crippen molar-refractivity contribution in [2.45, 2.75) is 0 Å². The lowest BCUT2D eigenvalue weighted by molar-refractivity contribution is 1.33. The molecule has 3 heteroatoms. The first kappa shape index (κ1) is 5.40. The van der Waals surface area contributed by atoms with Crippen LogP contribution in [0.5, 0.6) is 0 Å². The molecule has 42 valence electrons. The van der Waals surface area contributed by atoms with E-state index in [0.717, 1.165) is 0 Å². The summed E-state index contributed by atoms with van der Waals surface area (Å²) in [5.74, 6) is 0. The largest absolute Gasteiger partial charge is 0.364 e. The molecule has 1 heterocycles. The Morgan fingerprint density at radius 3 is 2.89 bits per heavy atom. The van der Waals surface area contributed by atoms with Crippen LogP contribution < -0.4 is 0 Å². The van der Waals surface area contributed by atoms with Crippen LogP contribution in [0.3, 0.4) is 0 Å². The Morgan fingerprint density at radius 1 is 1.78 bits per heavy atom. The van der Waals surface area contributed by atoms with Crippen LogP contribution in [0, 0.1) is 17.9 Å². The molecule has 1 rings (SSSR count). The van der Waals surface area contributed by atoms with Gasteiger partial charge in [-0.1, -0.05) is 0 Å². The fourth-order valence-electron chi connectivity index (χ4n) is 0.512. The van der Waals surface area contributed by atoms with E-state index in [1.165, 1.54) is 12.3 Å². The van der Waals surface area contributed by atoms with E-state index in [1.54, 1.807) is 0 Å². The standard InChI is InChI=1S/C6H3N3/c1-8-6-2-5(3-7)9-4-6/h2,4,9H. The molecule has 9 heavy (non-hydrogen) atoms. The minimum Gasteiger partial charge on any atom is -0.364 e. The number of nitriles is 1. The fourth-order valence-corrected chi connectivity index (χ4v) is 0.512. The first-order valence-electron chi connectivity index (χ1n) is 2.33. The Balaban J connectivity index is 3.08. The predicted octanol–water partition coefficient (Wildman–Crippen LogP) is 1.44. The Kier molecular flexibility index (Phi) is 1.21. The minimum absolute atomic E-state index is 0.431. The van der Waals surface area contributed by atoms with Crippen molar-refractivity contribution in [3.05, 3.63) is 29.4 Å². The van der Waals surface area contributed by atoms with Crippen LogP contribution in [-0.4, -0.2) is 4.98 Å². The quantitative estimate of drug-likeness (QED) is 0.513. The van der Waals surface area contributed by atoms with Crippen molar-refractivity contribution < 1.29 is 0 Å². The van der Waals surface area contributed by atoms with Crippen molar-refractivity contribution >= 4 is 5.69 Å². The van der Waals surface area contributed by atoms with Gasteiger partial charge >= 0.3 is 0 Å². The second kappa shape index (κ2) is 2.02. The molecule has 0 spiro atoms. The summed E-state index contributed by atoms with van der Waals surface area (Å²) in [6, 6.07) is 3.39. The third-order valence-electron chi connectivity index (χ3n) is 0.917. The molecule has 1 N–H and O–H groups in total. The van der Waals surface area contributed by atoms with Crippen LogP contribution in [0.2, 0.25) is 0 Å². The average Bonchev–Trinajstić information content (AvgIpc) is 2.34. The molecular weight excluding hydrogens is 114 g/mol. The number of rotatable bonds is 0. The highest BCUT2D eigenvalue weighted by atomic mass is 14.8. The summed E-state index contributed by atoms with van der Waals surface area (Å²) in [5, 5.41) is 8.26. The maximum Gasteiger partial charge on any atom is 0.205 e. The SMILES string of the molecule is [C-]#[N+]c1c[nH]c(C#N)c1. The average molecular weight is 117 g/mol. The van der Waals surface area contributed by atoms with E-state index in [9.17, 15) is 0 Å². The van der Waals surface area contributed by atoms with Crippen molar-refractivity contribution in [2.24, 2.45) is 0 Å². The number of hydrogen-bond donors (Lipinski definition) is 1. The van der Waals surface area contributed by atoms with Gasteiger partial charge in [0.15, 0.2) is 0 Å². The number of hydrogen-bond acceptors (Lipinski definition) is 1. The first-order valence-corrected chi connectivity index (χ1v) is 2.33. The molecule has 0 unspecified atom stereocenters. The molecule has 0 atom stereocenters. The molecule has 0 amide bonds. The van der Waals surface area contributed by atoms with Gasteiger partial charge in [0.05, 0.1) is 6.57 Å². The topological polar surface area (TPSA) is 43.9 Å². The highest BCUT2D eigenvalue weighted by molar-refractivity contribution is 5.47. The van der Waals surface area contributed by atoms with Crippen LogP contribution in [0.15, 0.2) is 12.3 Å². The normalized spacial score (nSPS) is 7.78. The van der Waals surface area contributed by atoms with Gasteiger partial charge in [-0.05, 0) is 6.07 Å². The van der Waals surface area contributed by atoms with E-state index < -0.39 is 0 Å². The third-order valence-corrected chi connectivity index (χ3v) is 0.917. The lowest BCUT2D eigenvalue weighted by Gasteiger charge is -1.68. The summed E-state index contributed by atoms with van der Waals surface area (Å²) in [4.78, 5) is 5.74. The van der Waals surface area contributed by atoms with Crippen LogP contribution in [-0.2, 0) is 0 Å². The molecule has 0 saturated heterocycles. The van der Waals surface area contributed by atoms with Crippen LogP contribution in [0.1, 0.15) is 5.69 Å². The number of aromatic nitrogens is 1. The van der Waals surface area contributed by atoms with Gasteiger partial charge in [0, 0.05) is 6.20 Å². The summed E-state index contributed by atoms with van der Waals surface area (Å²) in [7, 11) is 0. The maximum absolute atomic E-state index is 8.26. The second-order valence-corrected chi connectivity index (χ2v) is 1.50. The number of H-pyrrole nitrogens is 1. The van der Waals surface area contributed by atoms with Gasteiger partial charge in [-0.3, -0.25) is 0 Å². The van der Waals surface area contributed by atoms with Gasteiger partial charge < -0.3 is 4.98 Å². The molecule has 1 aromatic heterocycles. The zero-order chi connectivity index (χ0) is 6.69. The van der Waals surface area contributed by atoms with Crippen LogP contribution >= 0.6 is 0 Å². The molecule has 0 aliphatic rings. The van der Waals surface area contributed by atoms with E-state index in [-0.39, 0.29) is 0 Å². The van der Waals surface area contributed by atoms with Crippen molar-refractivity contribution in [3.8, 4) is 6.07 Å². The van der Waals surface area contributed by atoms with Crippen molar-refractivity contribution in [1.82, 2.24) is 4.98 Å². The predicted molar refractivity (Wildman–Crippen MR) is 31.8 cm³/mol. The van der Waals surface area contributed by atoms with Crippen molar-refractivity contribution in [2.75, 3.05) is 0 Å². The molecular formula is C6H3N3. The number of nitrogens with zero attached hydrogens (tertiary/aromatic N) is 2. The van der Waals surface area contributed by atoms with E-state index in [4.69, 9.17) is 11.8 Å². The van der Waals surface area contributed by atoms with Crippen molar-refractivity contribution in [1.29, 1.82) is 5.26 Å². The van der Waals surface area contributed by atoms with E-state index in [1.807, 2.05) is 6.07 Å². The lowest BCUT2D eigenvalue weighted by atomic mass is 10.4. The van der Waals surface area contributed by atoms with Gasteiger partial charge in [0.1, 0.15) is 11.8 Å². The monoisotopic (exact) mass is 117 g/mol. The molecule has 0 fully saturated rings. The van der Waals surface area contributed by atoms with Gasteiger partial charge in [-0.25, -0.2) is 4.85 Å². The molecule has 0 aromatic carbocycles. The van der Waals surface area contributed by atoms with E-state index in [0.29, 0.717) is 11.4 Å². The lowest BCUT2D eigenvalue weighted by Crippen LogP contribution is -1.64. The third kappa shape index (κ3) is 0.896. The highest BCUT2D eigenvalue weighted by Gasteiger charge is 1.93. The van der Waals surface area contributed by atoms with Gasteiger partial charge in [0.2, 0.25) is 5.69 Å². The Hall–Kier alpha value is -1.74. The Labute approximate surface area is 52.4 Å². The molecule has 1 aromatic rings. The summed E-state index contributed by atoms with van der Waals surface area (Å²) in [5.41, 5.74) is 0.910. The maximum atomic E-state index is 8.26. The van der Waals surface area contributed by atoms with Crippen LogP contribution in [0.4, 0.5) is 5.69 Å². The molecule has 0 aliphatic heterocycles. The highest BCUT2D eigenvalue weighted by Crippen LogP contribution is 2.11. The van der Waals surface area contributed by atoms with Gasteiger partial charge in [-0.2, -0.15) is 5.26 Å². The van der Waals surface area contributed by atoms with Crippen molar-refractivity contribution in [3.63, 3.8) is 0 Å². The Bertz CT molecular complexity index is 255. The number of aromatic amines is 1. The minimum atomic E-state index is 0.431. The molecule has 0 saturated carbocycles. The summed E-state index contributed by atoms with van der Waals surface area (Å²) >= 11 is 0. The fraction of sp³-hybridized carbons (Fsp3) is 0. The first-order chi connectivity index (χ1) is 4.36.